The van der Waals surface area contributed by atoms with E-state index < -0.39 is 6.64 Å². The average Bonchev–Trinajstić information content (AvgIpc) is 2.52. The molecule has 0 fully saturated rings. The molecule has 0 bridgehead atoms. The molecule has 0 aromatic heterocycles. The Hall–Kier alpha value is -0.780. The summed E-state index contributed by atoms with van der Waals surface area (Å²) in [4.78, 5) is 12.1. The van der Waals surface area contributed by atoms with Crippen LogP contribution in [-0.2, 0) is 32.2 Å². The number of rotatable bonds is 10. The van der Waals surface area contributed by atoms with Crippen LogP contribution >= 0.6 is 6.64 Å². The van der Waals surface area contributed by atoms with Crippen molar-refractivity contribution in [2.24, 2.45) is 0 Å². The van der Waals surface area contributed by atoms with E-state index in [1.807, 2.05) is 55.8 Å². The number of carbonyl (C=O) groups excluding carboxylic acids is 1. The second-order valence-electron chi connectivity index (χ2n) is 4.55. The van der Waals surface area contributed by atoms with Gasteiger partial charge in [-0.1, -0.05) is 37.3 Å². The summed E-state index contributed by atoms with van der Waals surface area (Å²) in [5, 5.41) is 2.90. The van der Waals surface area contributed by atoms with E-state index >= 15 is 0 Å². The van der Waals surface area contributed by atoms with Gasteiger partial charge in [-0.2, -0.15) is 0 Å². The fourth-order valence-corrected chi connectivity index (χ4v) is 4.77. The molecule has 0 heterocycles. The first-order valence-electron chi connectivity index (χ1n) is 7.50. The second-order valence-corrected chi connectivity index (χ2v) is 7.95. The van der Waals surface area contributed by atoms with Gasteiger partial charge in [-0.05, 0) is 31.2 Å². The molecule has 1 amide bonds. The SMILES string of the molecule is CCOP(=S)(OCC)N(CC)CC(=O)NCc1ccccc1. The van der Waals surface area contributed by atoms with Crippen molar-refractivity contribution < 1.29 is 13.8 Å². The molecule has 0 spiro atoms. The Morgan fingerprint density at radius 2 is 1.77 bits per heavy atom. The lowest BCUT2D eigenvalue weighted by atomic mass is 10.2. The molecule has 0 aliphatic rings. The van der Waals surface area contributed by atoms with Gasteiger partial charge in [0, 0.05) is 13.1 Å². The van der Waals surface area contributed by atoms with Gasteiger partial charge in [0.25, 0.3) is 6.64 Å². The van der Waals surface area contributed by atoms with Crippen LogP contribution < -0.4 is 5.32 Å². The largest absolute Gasteiger partial charge is 0.351 e. The van der Waals surface area contributed by atoms with Crippen molar-refractivity contribution in [1.82, 2.24) is 9.99 Å². The van der Waals surface area contributed by atoms with Gasteiger partial charge in [0.1, 0.15) is 0 Å². The molecule has 5 nitrogen and oxygen atoms in total. The minimum atomic E-state index is -2.57. The second kappa shape index (κ2) is 10.1. The molecule has 0 saturated heterocycles. The van der Waals surface area contributed by atoms with E-state index in [0.29, 0.717) is 26.3 Å². The van der Waals surface area contributed by atoms with Crippen molar-refractivity contribution >= 4 is 24.4 Å². The molecule has 1 aromatic carbocycles. The number of nitrogens with zero attached hydrogens (tertiary/aromatic N) is 1. The van der Waals surface area contributed by atoms with E-state index in [9.17, 15) is 4.79 Å². The maximum Gasteiger partial charge on any atom is 0.264 e. The summed E-state index contributed by atoms with van der Waals surface area (Å²) in [6.07, 6.45) is 0. The van der Waals surface area contributed by atoms with E-state index in [2.05, 4.69) is 5.32 Å². The van der Waals surface area contributed by atoms with Crippen LogP contribution in [-0.4, -0.2) is 36.9 Å². The highest BCUT2D eigenvalue weighted by molar-refractivity contribution is 8.08. The van der Waals surface area contributed by atoms with Gasteiger partial charge in [-0.15, -0.1) is 0 Å². The van der Waals surface area contributed by atoms with Crippen molar-refractivity contribution in [2.75, 3.05) is 26.3 Å². The van der Waals surface area contributed by atoms with Crippen LogP contribution in [0.25, 0.3) is 0 Å². The van der Waals surface area contributed by atoms with Crippen molar-refractivity contribution in [3.63, 3.8) is 0 Å². The summed E-state index contributed by atoms with van der Waals surface area (Å²) in [6.45, 7) is 5.37. The summed E-state index contributed by atoms with van der Waals surface area (Å²) >= 11 is 5.53. The first kappa shape index (κ1) is 19.3. The Bertz CT molecular complexity index is 489. The third-order valence-corrected chi connectivity index (χ3v) is 6.57. The molecule has 0 aliphatic carbocycles. The topological polar surface area (TPSA) is 50.8 Å². The summed E-state index contributed by atoms with van der Waals surface area (Å²) in [5.74, 6) is -0.0839. The predicted molar refractivity (Wildman–Crippen MR) is 93.1 cm³/mol. The lowest BCUT2D eigenvalue weighted by molar-refractivity contribution is -0.121. The van der Waals surface area contributed by atoms with Crippen molar-refractivity contribution in [1.29, 1.82) is 0 Å². The summed E-state index contributed by atoms with van der Waals surface area (Å²) in [6, 6.07) is 9.79. The van der Waals surface area contributed by atoms with E-state index in [1.54, 1.807) is 0 Å². The maximum atomic E-state index is 12.1. The first-order valence-corrected chi connectivity index (χ1v) is 10.1. The van der Waals surface area contributed by atoms with Crippen molar-refractivity contribution in [3.8, 4) is 0 Å². The van der Waals surface area contributed by atoms with Crippen LogP contribution in [0.2, 0.25) is 0 Å². The Kier molecular flexibility index (Phi) is 8.83. The molecule has 0 atom stereocenters. The fraction of sp³-hybridized carbons (Fsp3) is 0.533. The first-order chi connectivity index (χ1) is 10.6. The number of likely N-dealkylation sites (N-methyl/N-ethyl adjacent to an activating group) is 1. The van der Waals surface area contributed by atoms with Crippen LogP contribution in [0.15, 0.2) is 30.3 Å². The van der Waals surface area contributed by atoms with E-state index in [0.717, 1.165) is 5.56 Å². The number of nitrogens with one attached hydrogen (secondary N) is 1. The lowest BCUT2D eigenvalue weighted by Crippen LogP contribution is -2.36. The third kappa shape index (κ3) is 6.15. The maximum absolute atomic E-state index is 12.1. The van der Waals surface area contributed by atoms with Gasteiger partial charge in [-0.25, -0.2) is 4.67 Å². The molecule has 0 unspecified atom stereocenters. The number of benzene rings is 1. The van der Waals surface area contributed by atoms with Crippen LogP contribution in [0, 0.1) is 0 Å². The van der Waals surface area contributed by atoms with E-state index in [1.165, 1.54) is 0 Å². The lowest BCUT2D eigenvalue weighted by Gasteiger charge is -2.31. The smallest absolute Gasteiger partial charge is 0.264 e. The fourth-order valence-electron chi connectivity index (χ4n) is 1.92. The normalized spacial score (nSPS) is 11.6. The number of hydrogen-bond donors (Lipinski definition) is 1. The van der Waals surface area contributed by atoms with Gasteiger partial charge in [0.15, 0.2) is 0 Å². The van der Waals surface area contributed by atoms with Gasteiger partial charge in [0.2, 0.25) is 5.91 Å². The molecule has 1 aromatic rings. The molecule has 124 valence electrons. The Morgan fingerprint density at radius 1 is 1.18 bits per heavy atom. The standard InChI is InChI=1S/C15H25N2O3PS/c1-4-17(21(22,19-5-2)20-6-3)13-15(18)16-12-14-10-8-7-9-11-14/h7-11H,4-6,12-13H2,1-3H3,(H,16,18). The number of carbonyl (C=O) groups is 1. The predicted octanol–water partition coefficient (Wildman–Crippen LogP) is 2.92. The van der Waals surface area contributed by atoms with Crippen LogP contribution in [0.5, 0.6) is 0 Å². The third-order valence-electron chi connectivity index (χ3n) is 2.95. The molecule has 7 heteroatoms. The zero-order valence-electron chi connectivity index (χ0n) is 13.4. The quantitative estimate of drug-likeness (QED) is 0.662. The average molecular weight is 344 g/mol. The molecule has 0 radical (unpaired) electrons. The van der Waals surface area contributed by atoms with Crippen LogP contribution in [0.3, 0.4) is 0 Å². The number of amides is 1. The molecule has 22 heavy (non-hydrogen) atoms. The number of hydrogen-bond acceptors (Lipinski definition) is 4. The molecule has 0 saturated carbocycles. The summed E-state index contributed by atoms with van der Waals surface area (Å²) in [7, 11) is 0. The van der Waals surface area contributed by atoms with Gasteiger partial charge in [0.05, 0.1) is 19.8 Å². The Balaban J connectivity index is 2.60. The summed E-state index contributed by atoms with van der Waals surface area (Å²) < 4.78 is 13.1. The van der Waals surface area contributed by atoms with Crippen LogP contribution in [0.1, 0.15) is 26.3 Å². The van der Waals surface area contributed by atoms with Crippen molar-refractivity contribution in [2.45, 2.75) is 27.3 Å². The van der Waals surface area contributed by atoms with Gasteiger partial charge < -0.3 is 14.4 Å². The molecular formula is C15H25N2O3PS. The summed E-state index contributed by atoms with van der Waals surface area (Å²) in [5.41, 5.74) is 1.06. The monoisotopic (exact) mass is 344 g/mol. The van der Waals surface area contributed by atoms with Gasteiger partial charge >= 0.3 is 0 Å². The highest BCUT2D eigenvalue weighted by Gasteiger charge is 2.28. The van der Waals surface area contributed by atoms with Crippen LogP contribution in [0.4, 0.5) is 0 Å². The minimum Gasteiger partial charge on any atom is -0.351 e. The zero-order valence-corrected chi connectivity index (χ0v) is 15.2. The Morgan fingerprint density at radius 3 is 2.27 bits per heavy atom. The Labute approximate surface area is 138 Å². The highest BCUT2D eigenvalue weighted by atomic mass is 32.5. The molecule has 1 rings (SSSR count). The van der Waals surface area contributed by atoms with Crippen molar-refractivity contribution in [3.05, 3.63) is 35.9 Å². The zero-order chi connectivity index (χ0) is 16.4. The highest BCUT2D eigenvalue weighted by Crippen LogP contribution is 2.51. The molecular weight excluding hydrogens is 319 g/mol. The minimum absolute atomic E-state index is 0.0839. The van der Waals surface area contributed by atoms with Gasteiger partial charge in [-0.3, -0.25) is 4.79 Å². The molecule has 0 aliphatic heterocycles. The van der Waals surface area contributed by atoms with E-state index in [4.69, 9.17) is 20.9 Å². The van der Waals surface area contributed by atoms with E-state index in [-0.39, 0.29) is 12.5 Å². The molecule has 1 N–H and O–H groups in total.